The van der Waals surface area contributed by atoms with Gasteiger partial charge in [0.25, 0.3) is 5.56 Å². The van der Waals surface area contributed by atoms with Crippen LogP contribution >= 0.6 is 11.6 Å². The zero-order valence-corrected chi connectivity index (χ0v) is 16.3. The SMILES string of the molecule is Cc1[nH]c(=O)c(C#N)c(C)c1CCC(=O)OCc1cc(Cl)cc2c1OCOC2. The molecule has 1 aliphatic rings. The largest absolute Gasteiger partial charge is 0.467 e. The minimum absolute atomic E-state index is 0.0365. The molecule has 1 N–H and O–H groups in total. The van der Waals surface area contributed by atoms with Crippen LogP contribution in [0, 0.1) is 25.2 Å². The Morgan fingerprint density at radius 3 is 2.93 bits per heavy atom. The quantitative estimate of drug-likeness (QED) is 0.771. The molecule has 0 fully saturated rings. The van der Waals surface area contributed by atoms with Crippen molar-refractivity contribution >= 4 is 17.6 Å². The van der Waals surface area contributed by atoms with Gasteiger partial charge in [0.2, 0.25) is 0 Å². The number of carbonyl (C=O) groups is 1. The van der Waals surface area contributed by atoms with Crippen LogP contribution in [-0.2, 0) is 33.9 Å². The van der Waals surface area contributed by atoms with Crippen LogP contribution < -0.4 is 10.3 Å². The molecule has 0 atom stereocenters. The first-order chi connectivity index (χ1) is 13.4. The second-order valence-corrected chi connectivity index (χ2v) is 6.93. The standard InChI is InChI=1S/C20H19ClN2O5/c1-11-16(12(2)23-20(25)17(11)7-22)3-4-18(24)27-9-14-6-15(21)5-13-8-26-10-28-19(13)14/h5-6H,3-4,8-10H2,1-2H3,(H,23,25). The van der Waals surface area contributed by atoms with Crippen molar-refractivity contribution in [3.8, 4) is 11.8 Å². The Kier molecular flexibility index (Phi) is 6.02. The van der Waals surface area contributed by atoms with Crippen LogP contribution in [-0.4, -0.2) is 17.7 Å². The van der Waals surface area contributed by atoms with Gasteiger partial charge in [0.1, 0.15) is 24.0 Å². The number of hydrogen-bond acceptors (Lipinski definition) is 6. The van der Waals surface area contributed by atoms with E-state index in [1.54, 1.807) is 26.0 Å². The van der Waals surface area contributed by atoms with Crippen LogP contribution in [0.15, 0.2) is 16.9 Å². The van der Waals surface area contributed by atoms with E-state index in [1.165, 1.54) is 0 Å². The molecule has 3 rings (SSSR count). The van der Waals surface area contributed by atoms with Gasteiger partial charge in [-0.1, -0.05) is 11.6 Å². The van der Waals surface area contributed by atoms with E-state index in [1.807, 2.05) is 6.07 Å². The molecule has 0 bridgehead atoms. The first-order valence-electron chi connectivity index (χ1n) is 8.70. The molecule has 0 unspecified atom stereocenters. The second kappa shape index (κ2) is 8.46. The molecular weight excluding hydrogens is 384 g/mol. The van der Waals surface area contributed by atoms with Crippen LogP contribution in [0.2, 0.25) is 5.02 Å². The molecule has 28 heavy (non-hydrogen) atoms. The minimum Gasteiger partial charge on any atom is -0.467 e. The molecule has 0 saturated carbocycles. The monoisotopic (exact) mass is 402 g/mol. The molecule has 1 aliphatic heterocycles. The fourth-order valence-corrected chi connectivity index (χ4v) is 3.51. The third-order valence-corrected chi connectivity index (χ3v) is 4.86. The third-order valence-electron chi connectivity index (χ3n) is 4.64. The number of nitrogens with zero attached hydrogens (tertiary/aromatic N) is 1. The maximum atomic E-state index is 12.2. The first kappa shape index (κ1) is 19.9. The number of pyridine rings is 1. The highest BCUT2D eigenvalue weighted by Gasteiger charge is 2.18. The first-order valence-corrected chi connectivity index (χ1v) is 9.08. The van der Waals surface area contributed by atoms with Gasteiger partial charge in [-0.25, -0.2) is 0 Å². The number of H-pyrrole nitrogens is 1. The van der Waals surface area contributed by atoms with Crippen LogP contribution in [0.4, 0.5) is 0 Å². The average Bonchev–Trinajstić information content (AvgIpc) is 2.65. The maximum absolute atomic E-state index is 12.2. The van der Waals surface area contributed by atoms with E-state index in [0.29, 0.717) is 40.6 Å². The zero-order chi connectivity index (χ0) is 20.3. The number of benzene rings is 1. The zero-order valence-electron chi connectivity index (χ0n) is 15.6. The lowest BCUT2D eigenvalue weighted by Gasteiger charge is -2.21. The fraction of sp³-hybridized carbons (Fsp3) is 0.350. The summed E-state index contributed by atoms with van der Waals surface area (Å²) in [5.41, 5.74) is 3.15. The van der Waals surface area contributed by atoms with Crippen molar-refractivity contribution in [2.24, 2.45) is 0 Å². The lowest BCUT2D eigenvalue weighted by molar-refractivity contribution is -0.145. The number of hydrogen-bond donors (Lipinski definition) is 1. The van der Waals surface area contributed by atoms with Gasteiger partial charge in [0.05, 0.1) is 6.61 Å². The Morgan fingerprint density at radius 1 is 1.39 bits per heavy atom. The summed E-state index contributed by atoms with van der Waals surface area (Å²) in [6.45, 7) is 4.02. The highest BCUT2D eigenvalue weighted by molar-refractivity contribution is 6.30. The molecule has 0 saturated heterocycles. The molecule has 2 heterocycles. The predicted octanol–water partition coefficient (Wildman–Crippen LogP) is 3.06. The summed E-state index contributed by atoms with van der Waals surface area (Å²) in [7, 11) is 0. The van der Waals surface area contributed by atoms with Gasteiger partial charge < -0.3 is 19.2 Å². The summed E-state index contributed by atoms with van der Waals surface area (Å²) in [5, 5.41) is 9.64. The number of nitrogens with one attached hydrogen (secondary N) is 1. The summed E-state index contributed by atoms with van der Waals surface area (Å²) in [6.07, 6.45) is 0.477. The number of aryl methyl sites for hydroxylation is 1. The maximum Gasteiger partial charge on any atom is 0.306 e. The minimum atomic E-state index is -0.418. The summed E-state index contributed by atoms with van der Waals surface area (Å²) < 4.78 is 16.1. The van der Waals surface area contributed by atoms with E-state index in [9.17, 15) is 9.59 Å². The molecule has 0 spiro atoms. The number of carbonyl (C=O) groups excluding carboxylic acids is 1. The van der Waals surface area contributed by atoms with E-state index in [2.05, 4.69) is 4.98 Å². The summed E-state index contributed by atoms with van der Waals surface area (Å²) in [6, 6.07) is 5.37. The molecule has 8 heteroatoms. The van der Waals surface area contributed by atoms with Crippen molar-refractivity contribution in [3.05, 3.63) is 61.0 Å². The number of nitriles is 1. The lowest BCUT2D eigenvalue weighted by atomic mass is 9.99. The molecule has 1 aromatic heterocycles. The van der Waals surface area contributed by atoms with Crippen molar-refractivity contribution in [1.29, 1.82) is 5.26 Å². The number of aromatic amines is 1. The molecular formula is C20H19ClN2O5. The van der Waals surface area contributed by atoms with E-state index < -0.39 is 11.5 Å². The van der Waals surface area contributed by atoms with Crippen LogP contribution in [0.3, 0.4) is 0 Å². The van der Waals surface area contributed by atoms with Crippen LogP contribution in [0.5, 0.6) is 5.75 Å². The Morgan fingerprint density at radius 2 is 2.18 bits per heavy atom. The van der Waals surface area contributed by atoms with Crippen molar-refractivity contribution in [2.75, 3.05) is 6.79 Å². The Balaban J connectivity index is 1.66. The van der Waals surface area contributed by atoms with E-state index >= 15 is 0 Å². The highest BCUT2D eigenvalue weighted by Crippen LogP contribution is 2.32. The van der Waals surface area contributed by atoms with Gasteiger partial charge in [0, 0.05) is 28.3 Å². The van der Waals surface area contributed by atoms with E-state index in [-0.39, 0.29) is 25.4 Å². The van der Waals surface area contributed by atoms with Crippen LogP contribution in [0.25, 0.3) is 0 Å². The third kappa shape index (κ3) is 4.19. The topological polar surface area (TPSA) is 101 Å². The molecule has 0 aliphatic carbocycles. The smallest absolute Gasteiger partial charge is 0.306 e. The molecule has 0 amide bonds. The normalized spacial score (nSPS) is 12.6. The number of aromatic nitrogens is 1. The molecule has 1 aromatic carbocycles. The number of halogens is 1. The van der Waals surface area contributed by atoms with Crippen molar-refractivity contribution in [3.63, 3.8) is 0 Å². The summed E-state index contributed by atoms with van der Waals surface area (Å²) in [5.74, 6) is 0.235. The molecule has 146 valence electrons. The van der Waals surface area contributed by atoms with Crippen LogP contribution in [0.1, 0.15) is 39.9 Å². The predicted molar refractivity (Wildman–Crippen MR) is 101 cm³/mol. The van der Waals surface area contributed by atoms with Gasteiger partial charge in [-0.3, -0.25) is 9.59 Å². The van der Waals surface area contributed by atoms with E-state index in [4.69, 9.17) is 31.1 Å². The average molecular weight is 403 g/mol. The number of esters is 1. The Hall–Kier alpha value is -2.82. The van der Waals surface area contributed by atoms with Gasteiger partial charge in [-0.05, 0) is 43.5 Å². The number of ether oxygens (including phenoxy) is 3. The fourth-order valence-electron chi connectivity index (χ4n) is 3.24. The van der Waals surface area contributed by atoms with Gasteiger partial charge in [0.15, 0.2) is 6.79 Å². The molecule has 2 aromatic rings. The summed E-state index contributed by atoms with van der Waals surface area (Å²) in [4.78, 5) is 26.7. The molecule has 0 radical (unpaired) electrons. The Labute approximate surface area is 166 Å². The summed E-state index contributed by atoms with van der Waals surface area (Å²) >= 11 is 6.11. The molecule has 7 nitrogen and oxygen atoms in total. The van der Waals surface area contributed by atoms with Gasteiger partial charge >= 0.3 is 5.97 Å². The van der Waals surface area contributed by atoms with Crippen molar-refractivity contribution < 1.29 is 19.0 Å². The van der Waals surface area contributed by atoms with Crippen molar-refractivity contribution in [2.45, 2.75) is 39.9 Å². The van der Waals surface area contributed by atoms with Gasteiger partial charge in [-0.2, -0.15) is 5.26 Å². The van der Waals surface area contributed by atoms with Gasteiger partial charge in [-0.15, -0.1) is 0 Å². The van der Waals surface area contributed by atoms with Crippen molar-refractivity contribution in [1.82, 2.24) is 4.98 Å². The second-order valence-electron chi connectivity index (χ2n) is 6.49. The van der Waals surface area contributed by atoms with E-state index in [0.717, 1.165) is 11.1 Å². The Bertz CT molecular complexity index is 1020. The highest BCUT2D eigenvalue weighted by atomic mass is 35.5. The lowest BCUT2D eigenvalue weighted by Crippen LogP contribution is -2.17. The number of fused-ring (bicyclic) bond motifs is 1. The number of rotatable bonds is 5.